The topological polar surface area (TPSA) is 98.1 Å². The van der Waals surface area contributed by atoms with Gasteiger partial charge >= 0.3 is 0 Å². The highest BCUT2D eigenvalue weighted by molar-refractivity contribution is 6.35. The van der Waals surface area contributed by atoms with Gasteiger partial charge in [-0.1, -0.05) is 29.3 Å². The lowest BCUT2D eigenvalue weighted by Gasteiger charge is -2.14. The summed E-state index contributed by atoms with van der Waals surface area (Å²) in [5, 5.41) is 16.4. The highest BCUT2D eigenvalue weighted by atomic mass is 35.5. The molecule has 0 fully saturated rings. The molecule has 2 aromatic carbocycles. The summed E-state index contributed by atoms with van der Waals surface area (Å²) in [6, 6.07) is 9.17. The summed E-state index contributed by atoms with van der Waals surface area (Å²) < 4.78 is 5.10. The number of hydrogen-bond donors (Lipinski definition) is 2. The van der Waals surface area contributed by atoms with Crippen LogP contribution in [0.25, 0.3) is 0 Å². The Hall–Kier alpha value is -2.35. The smallest absolute Gasteiger partial charge is 0.279 e. The van der Waals surface area contributed by atoms with Gasteiger partial charge in [0.1, 0.15) is 11.8 Å². The van der Waals surface area contributed by atoms with E-state index in [-0.39, 0.29) is 29.9 Å². The van der Waals surface area contributed by atoms with E-state index in [4.69, 9.17) is 27.9 Å². The van der Waals surface area contributed by atoms with E-state index >= 15 is 0 Å². The fourth-order valence-electron chi connectivity index (χ4n) is 2.38. The lowest BCUT2D eigenvalue weighted by Crippen LogP contribution is -2.86. The van der Waals surface area contributed by atoms with Crippen LogP contribution < -0.4 is 15.4 Å². The third-order valence-electron chi connectivity index (χ3n) is 3.78. The van der Waals surface area contributed by atoms with Crippen LogP contribution in [-0.4, -0.2) is 24.5 Å². The first-order valence-corrected chi connectivity index (χ1v) is 8.48. The van der Waals surface area contributed by atoms with Gasteiger partial charge in [0.15, 0.2) is 6.54 Å². The number of carbonyl (C=O) groups excluding carboxylic acids is 1. The van der Waals surface area contributed by atoms with Crippen molar-refractivity contribution >= 4 is 40.5 Å². The molecule has 0 aromatic heterocycles. The third kappa shape index (κ3) is 5.08. The molecule has 0 saturated heterocycles. The number of benzene rings is 2. The summed E-state index contributed by atoms with van der Waals surface area (Å²) in [7, 11) is 1.38. The lowest BCUT2D eigenvalue weighted by molar-refractivity contribution is -0.682. The van der Waals surface area contributed by atoms with Gasteiger partial charge in [0, 0.05) is 16.7 Å². The molecule has 2 rings (SSSR count). The molecule has 1 amide bonds. The molecule has 9 heteroatoms. The Bertz CT molecular complexity index is 830. The number of nitrogens with one attached hydrogen (secondary N) is 1. The first-order chi connectivity index (χ1) is 12.3. The zero-order chi connectivity index (χ0) is 19.3. The summed E-state index contributed by atoms with van der Waals surface area (Å²) in [6.45, 7) is 2.06. The van der Waals surface area contributed by atoms with Crippen molar-refractivity contribution in [1.82, 2.24) is 0 Å². The number of non-ortho nitro benzene ring substituents is 1. The summed E-state index contributed by atoms with van der Waals surface area (Å²) in [5.74, 6) is -0.0459. The number of carbonyl (C=O) groups is 1. The van der Waals surface area contributed by atoms with E-state index in [0.717, 1.165) is 5.56 Å². The molecule has 0 radical (unpaired) electrons. The van der Waals surface area contributed by atoms with Crippen LogP contribution in [-0.2, 0) is 4.79 Å². The minimum Gasteiger partial charge on any atom is -0.494 e. The average Bonchev–Trinajstić information content (AvgIpc) is 2.59. The Balaban J connectivity index is 1.99. The predicted octanol–water partition coefficient (Wildman–Crippen LogP) is 3.17. The molecule has 0 heterocycles. The van der Waals surface area contributed by atoms with Gasteiger partial charge in [-0.25, -0.2) is 0 Å². The van der Waals surface area contributed by atoms with Gasteiger partial charge in [0.25, 0.3) is 11.6 Å². The minimum atomic E-state index is -0.528. The Morgan fingerprint density at radius 3 is 2.65 bits per heavy atom. The molecule has 0 bridgehead atoms. The van der Waals surface area contributed by atoms with Crippen LogP contribution in [0.15, 0.2) is 36.4 Å². The van der Waals surface area contributed by atoms with Crippen LogP contribution in [0.5, 0.6) is 5.75 Å². The normalized spacial score (nSPS) is 11.7. The molecule has 0 aliphatic carbocycles. The zero-order valence-corrected chi connectivity index (χ0v) is 15.7. The minimum absolute atomic E-state index is 0.0516. The molecular weight excluding hydrogens is 381 g/mol. The molecule has 3 N–H and O–H groups in total. The number of hydrogen-bond acceptors (Lipinski definition) is 4. The number of halogens is 2. The Kier molecular flexibility index (Phi) is 6.79. The van der Waals surface area contributed by atoms with Crippen molar-refractivity contribution in [1.29, 1.82) is 0 Å². The van der Waals surface area contributed by atoms with E-state index in [9.17, 15) is 14.9 Å². The SMILES string of the molecule is COc1cc([N+](=O)[O-])ccc1NC(=O)C[NH2+][C@H](C)c1ccc(Cl)cc1Cl. The first-order valence-electron chi connectivity index (χ1n) is 7.72. The second-order valence-electron chi connectivity index (χ2n) is 5.58. The van der Waals surface area contributed by atoms with Crippen molar-refractivity contribution in [2.45, 2.75) is 13.0 Å². The second-order valence-corrected chi connectivity index (χ2v) is 6.43. The fourth-order valence-corrected chi connectivity index (χ4v) is 2.96. The summed E-state index contributed by atoms with van der Waals surface area (Å²) >= 11 is 12.1. The number of nitrogens with zero attached hydrogens (tertiary/aromatic N) is 1. The molecular formula is C17H18Cl2N3O4+. The first kappa shape index (κ1) is 20.0. The molecule has 0 aliphatic heterocycles. The van der Waals surface area contributed by atoms with Gasteiger partial charge in [0.2, 0.25) is 0 Å². The monoisotopic (exact) mass is 398 g/mol. The van der Waals surface area contributed by atoms with Crippen LogP contribution in [0.4, 0.5) is 11.4 Å². The molecule has 7 nitrogen and oxygen atoms in total. The van der Waals surface area contributed by atoms with Crippen molar-refractivity contribution in [2.75, 3.05) is 19.0 Å². The number of nitro groups is 1. The number of amides is 1. The van der Waals surface area contributed by atoms with E-state index in [2.05, 4.69) is 5.32 Å². The maximum Gasteiger partial charge on any atom is 0.279 e. The molecule has 1 atom stereocenters. The Morgan fingerprint density at radius 2 is 2.04 bits per heavy atom. The molecule has 2 aromatic rings. The van der Waals surface area contributed by atoms with Gasteiger partial charge in [-0.3, -0.25) is 14.9 Å². The molecule has 0 saturated carbocycles. The van der Waals surface area contributed by atoms with E-state index in [0.29, 0.717) is 15.7 Å². The van der Waals surface area contributed by atoms with Crippen LogP contribution in [0.2, 0.25) is 10.0 Å². The van der Waals surface area contributed by atoms with Gasteiger partial charge in [0.05, 0.1) is 28.8 Å². The van der Waals surface area contributed by atoms with Crippen molar-refractivity contribution in [3.63, 3.8) is 0 Å². The Labute approximate surface area is 160 Å². The number of methoxy groups -OCH3 is 1. The number of ether oxygens (including phenoxy) is 1. The number of anilines is 1. The van der Waals surface area contributed by atoms with Gasteiger partial charge in [-0.05, 0) is 25.1 Å². The standard InChI is InChI=1S/C17H17Cl2N3O4/c1-10(13-5-3-11(18)7-14(13)19)20-9-17(23)21-15-6-4-12(22(24)25)8-16(15)26-2/h3-8,10,20H,9H2,1-2H3,(H,21,23)/p+1/t10-/m1/s1. The maximum absolute atomic E-state index is 12.2. The number of nitrogens with two attached hydrogens (primary N) is 1. The van der Waals surface area contributed by atoms with Crippen molar-refractivity contribution in [3.05, 3.63) is 62.1 Å². The summed E-state index contributed by atoms with van der Waals surface area (Å²) in [5.41, 5.74) is 1.13. The largest absolute Gasteiger partial charge is 0.494 e. The van der Waals surface area contributed by atoms with Crippen molar-refractivity contribution in [3.8, 4) is 5.75 Å². The second kappa shape index (κ2) is 8.84. The molecule has 0 unspecified atom stereocenters. The lowest BCUT2D eigenvalue weighted by atomic mass is 10.1. The van der Waals surface area contributed by atoms with E-state index < -0.39 is 4.92 Å². The van der Waals surface area contributed by atoms with Crippen molar-refractivity contribution < 1.29 is 19.8 Å². The quantitative estimate of drug-likeness (QED) is 0.552. The van der Waals surface area contributed by atoms with Crippen LogP contribution in [0.1, 0.15) is 18.5 Å². The van der Waals surface area contributed by atoms with E-state index in [1.807, 2.05) is 18.3 Å². The fraction of sp³-hybridized carbons (Fsp3) is 0.235. The maximum atomic E-state index is 12.2. The number of quaternary nitrogens is 1. The van der Waals surface area contributed by atoms with Crippen LogP contribution >= 0.6 is 23.2 Å². The van der Waals surface area contributed by atoms with Gasteiger partial charge in [-0.2, -0.15) is 0 Å². The highest BCUT2D eigenvalue weighted by Gasteiger charge is 2.17. The molecule has 0 aliphatic rings. The van der Waals surface area contributed by atoms with E-state index in [1.54, 1.807) is 12.1 Å². The molecule has 138 valence electrons. The van der Waals surface area contributed by atoms with Gasteiger partial charge in [-0.15, -0.1) is 0 Å². The average molecular weight is 399 g/mol. The zero-order valence-electron chi connectivity index (χ0n) is 14.2. The predicted molar refractivity (Wildman–Crippen MR) is 99.9 cm³/mol. The number of nitro benzene ring substituents is 1. The van der Waals surface area contributed by atoms with Crippen molar-refractivity contribution in [2.24, 2.45) is 0 Å². The Morgan fingerprint density at radius 1 is 1.31 bits per heavy atom. The highest BCUT2D eigenvalue weighted by Crippen LogP contribution is 2.29. The summed E-state index contributed by atoms with van der Waals surface area (Å²) in [4.78, 5) is 22.5. The summed E-state index contributed by atoms with van der Waals surface area (Å²) in [6.07, 6.45) is 0. The van der Waals surface area contributed by atoms with Gasteiger partial charge < -0.3 is 15.4 Å². The van der Waals surface area contributed by atoms with Crippen LogP contribution in [0.3, 0.4) is 0 Å². The van der Waals surface area contributed by atoms with E-state index in [1.165, 1.54) is 25.3 Å². The third-order valence-corrected chi connectivity index (χ3v) is 4.34. The van der Waals surface area contributed by atoms with Crippen LogP contribution in [0, 0.1) is 10.1 Å². The molecule has 26 heavy (non-hydrogen) atoms. The number of rotatable bonds is 7. The molecule has 0 spiro atoms.